The second kappa shape index (κ2) is 9.35. The number of carbonyl (C=O) groups excluding carboxylic acids is 2. The van der Waals surface area contributed by atoms with Gasteiger partial charge < -0.3 is 9.64 Å². The van der Waals surface area contributed by atoms with Gasteiger partial charge in [-0.3, -0.25) is 4.79 Å². The molecule has 0 N–H and O–H groups in total. The summed E-state index contributed by atoms with van der Waals surface area (Å²) in [5.41, 5.74) is 3.76. The molecule has 5 nitrogen and oxygen atoms in total. The molecular formula is C22H22N2O3. The van der Waals surface area contributed by atoms with E-state index in [0.29, 0.717) is 6.54 Å². The fraction of sp³-hybridized carbons (Fsp3) is 0.227. The summed E-state index contributed by atoms with van der Waals surface area (Å²) in [5.74, 6) is -1.14. The molecule has 0 spiro atoms. The Labute approximate surface area is 159 Å². The summed E-state index contributed by atoms with van der Waals surface area (Å²) in [7, 11) is 1.65. The maximum absolute atomic E-state index is 12.2. The zero-order chi connectivity index (χ0) is 19.8. The fourth-order valence-corrected chi connectivity index (χ4v) is 2.41. The molecule has 0 atom stereocenters. The average molecular weight is 362 g/mol. The quantitative estimate of drug-likeness (QED) is 0.448. The maximum Gasteiger partial charge on any atom is 0.349 e. The molecule has 2 aromatic rings. The highest BCUT2D eigenvalue weighted by atomic mass is 16.5. The van der Waals surface area contributed by atoms with Crippen LogP contribution in [0.2, 0.25) is 0 Å². The van der Waals surface area contributed by atoms with Gasteiger partial charge in [-0.05, 0) is 36.6 Å². The number of nitriles is 1. The minimum Gasteiger partial charge on any atom is -0.451 e. The number of benzene rings is 2. The third-order valence-corrected chi connectivity index (χ3v) is 4.15. The van der Waals surface area contributed by atoms with Gasteiger partial charge in [0.15, 0.2) is 6.61 Å². The number of nitrogens with zero attached hydrogens (tertiary/aromatic N) is 2. The van der Waals surface area contributed by atoms with Crippen LogP contribution < -0.4 is 0 Å². The van der Waals surface area contributed by atoms with Crippen LogP contribution in [0, 0.1) is 25.2 Å². The number of rotatable bonds is 6. The topological polar surface area (TPSA) is 70.4 Å². The molecule has 1 amide bonds. The first-order chi connectivity index (χ1) is 12.9. The molecule has 2 aromatic carbocycles. The Hall–Kier alpha value is -3.39. The van der Waals surface area contributed by atoms with Crippen LogP contribution in [0.25, 0.3) is 6.08 Å². The summed E-state index contributed by atoms with van der Waals surface area (Å²) in [4.78, 5) is 25.8. The van der Waals surface area contributed by atoms with Gasteiger partial charge in [-0.15, -0.1) is 0 Å². The predicted octanol–water partition coefficient (Wildman–Crippen LogP) is 3.41. The molecule has 0 heterocycles. The van der Waals surface area contributed by atoms with Crippen LogP contribution in [0.15, 0.2) is 54.1 Å². The molecule has 0 unspecified atom stereocenters. The smallest absolute Gasteiger partial charge is 0.349 e. The zero-order valence-electron chi connectivity index (χ0n) is 15.7. The first kappa shape index (κ1) is 19.9. The largest absolute Gasteiger partial charge is 0.451 e. The molecule has 2 rings (SSSR count). The van der Waals surface area contributed by atoms with E-state index in [9.17, 15) is 14.9 Å². The van der Waals surface area contributed by atoms with Crippen LogP contribution in [0.5, 0.6) is 0 Å². The molecular weight excluding hydrogens is 340 g/mol. The van der Waals surface area contributed by atoms with Gasteiger partial charge in [0.05, 0.1) is 0 Å². The van der Waals surface area contributed by atoms with Crippen molar-refractivity contribution in [2.24, 2.45) is 0 Å². The van der Waals surface area contributed by atoms with Crippen LogP contribution in [0.4, 0.5) is 0 Å². The second-order valence-corrected chi connectivity index (χ2v) is 6.33. The SMILES string of the molecule is Cc1ccc(/C=C(\C#N)C(=O)OCC(=O)N(C)Cc2ccccc2C)cc1. The van der Waals surface area contributed by atoms with Crippen LogP contribution in [0.3, 0.4) is 0 Å². The number of hydrogen-bond donors (Lipinski definition) is 0. The Kier molecular flexibility index (Phi) is 6.90. The number of ether oxygens (including phenoxy) is 1. The molecule has 0 aliphatic heterocycles. The summed E-state index contributed by atoms with van der Waals surface area (Å²) in [6, 6.07) is 17.0. The van der Waals surface area contributed by atoms with Gasteiger partial charge in [0.25, 0.3) is 5.91 Å². The normalized spacial score (nSPS) is 10.8. The van der Waals surface area contributed by atoms with Gasteiger partial charge in [-0.2, -0.15) is 5.26 Å². The number of likely N-dealkylation sites (N-methyl/N-ethyl adjacent to an activating group) is 1. The summed E-state index contributed by atoms with van der Waals surface area (Å²) < 4.78 is 5.02. The van der Waals surface area contributed by atoms with Crippen molar-refractivity contribution in [2.45, 2.75) is 20.4 Å². The van der Waals surface area contributed by atoms with Crippen molar-refractivity contribution in [3.8, 4) is 6.07 Å². The molecule has 0 radical (unpaired) electrons. The highest BCUT2D eigenvalue weighted by Crippen LogP contribution is 2.11. The molecule has 0 aliphatic carbocycles. The van der Waals surface area contributed by atoms with Crippen molar-refractivity contribution in [1.29, 1.82) is 5.26 Å². The molecule has 0 aromatic heterocycles. The van der Waals surface area contributed by atoms with E-state index >= 15 is 0 Å². The third-order valence-electron chi connectivity index (χ3n) is 4.15. The van der Waals surface area contributed by atoms with Gasteiger partial charge >= 0.3 is 5.97 Å². The number of esters is 1. The summed E-state index contributed by atoms with van der Waals surface area (Å²) >= 11 is 0. The lowest BCUT2D eigenvalue weighted by Gasteiger charge is -2.18. The van der Waals surface area contributed by atoms with Crippen molar-refractivity contribution in [2.75, 3.05) is 13.7 Å². The summed E-state index contributed by atoms with van der Waals surface area (Å²) in [5, 5.41) is 9.20. The minimum atomic E-state index is -0.810. The highest BCUT2D eigenvalue weighted by molar-refractivity contribution is 5.98. The maximum atomic E-state index is 12.2. The predicted molar refractivity (Wildman–Crippen MR) is 103 cm³/mol. The number of aryl methyl sites for hydroxylation is 2. The second-order valence-electron chi connectivity index (χ2n) is 6.33. The lowest BCUT2D eigenvalue weighted by Crippen LogP contribution is -2.31. The Morgan fingerprint density at radius 3 is 2.41 bits per heavy atom. The minimum absolute atomic E-state index is 0.145. The van der Waals surface area contributed by atoms with Crippen molar-refractivity contribution < 1.29 is 14.3 Å². The van der Waals surface area contributed by atoms with Crippen LogP contribution >= 0.6 is 0 Å². The Bertz CT molecular complexity index is 893. The van der Waals surface area contributed by atoms with E-state index in [1.54, 1.807) is 19.2 Å². The lowest BCUT2D eigenvalue weighted by molar-refractivity contribution is -0.148. The first-order valence-corrected chi connectivity index (χ1v) is 8.54. The molecule has 0 aliphatic rings. The number of carbonyl (C=O) groups is 2. The lowest BCUT2D eigenvalue weighted by atomic mass is 10.1. The van der Waals surface area contributed by atoms with E-state index in [0.717, 1.165) is 22.3 Å². The van der Waals surface area contributed by atoms with Gasteiger partial charge in [0, 0.05) is 13.6 Å². The number of hydrogen-bond acceptors (Lipinski definition) is 4. The molecule has 0 bridgehead atoms. The van der Waals surface area contributed by atoms with E-state index in [1.807, 2.05) is 56.3 Å². The van der Waals surface area contributed by atoms with E-state index in [1.165, 1.54) is 11.0 Å². The Morgan fingerprint density at radius 2 is 1.78 bits per heavy atom. The van der Waals surface area contributed by atoms with Crippen LogP contribution in [-0.4, -0.2) is 30.4 Å². The molecule has 27 heavy (non-hydrogen) atoms. The molecule has 138 valence electrons. The van der Waals surface area contributed by atoms with Gasteiger partial charge in [0.1, 0.15) is 11.6 Å². The standard InChI is InChI=1S/C22H22N2O3/c1-16-8-10-18(11-9-16)12-20(13-23)22(26)27-15-21(25)24(3)14-19-7-5-4-6-17(19)2/h4-12H,14-15H2,1-3H3/b20-12+. The van der Waals surface area contributed by atoms with E-state index in [4.69, 9.17) is 4.74 Å². The van der Waals surface area contributed by atoms with E-state index in [-0.39, 0.29) is 11.5 Å². The van der Waals surface area contributed by atoms with Gasteiger partial charge in [-0.25, -0.2) is 4.79 Å². The Balaban J connectivity index is 1.94. The third kappa shape index (κ3) is 5.82. The van der Waals surface area contributed by atoms with Crippen molar-refractivity contribution in [3.05, 3.63) is 76.4 Å². The van der Waals surface area contributed by atoms with Crippen LogP contribution in [-0.2, 0) is 20.9 Å². The highest BCUT2D eigenvalue weighted by Gasteiger charge is 2.16. The van der Waals surface area contributed by atoms with E-state index in [2.05, 4.69) is 0 Å². The molecule has 0 saturated carbocycles. The summed E-state index contributed by atoms with van der Waals surface area (Å²) in [6.07, 6.45) is 1.45. The first-order valence-electron chi connectivity index (χ1n) is 8.54. The fourth-order valence-electron chi connectivity index (χ4n) is 2.41. The van der Waals surface area contributed by atoms with Gasteiger partial charge in [0.2, 0.25) is 0 Å². The average Bonchev–Trinajstić information content (AvgIpc) is 2.67. The molecule has 5 heteroatoms. The monoisotopic (exact) mass is 362 g/mol. The Morgan fingerprint density at radius 1 is 1.11 bits per heavy atom. The van der Waals surface area contributed by atoms with Gasteiger partial charge in [-0.1, -0.05) is 54.1 Å². The molecule has 0 fully saturated rings. The number of amides is 1. The zero-order valence-corrected chi connectivity index (χ0v) is 15.7. The van der Waals surface area contributed by atoms with Crippen molar-refractivity contribution >= 4 is 18.0 Å². The van der Waals surface area contributed by atoms with E-state index < -0.39 is 12.6 Å². The van der Waals surface area contributed by atoms with Crippen molar-refractivity contribution in [1.82, 2.24) is 4.90 Å². The molecule has 0 saturated heterocycles. The van der Waals surface area contributed by atoms with Crippen molar-refractivity contribution in [3.63, 3.8) is 0 Å². The summed E-state index contributed by atoms with van der Waals surface area (Å²) in [6.45, 7) is 3.94. The van der Waals surface area contributed by atoms with Crippen LogP contribution in [0.1, 0.15) is 22.3 Å².